The van der Waals surface area contributed by atoms with E-state index in [1.807, 2.05) is 6.07 Å². The van der Waals surface area contributed by atoms with Crippen LogP contribution < -0.4 is 24.0 Å². The molecule has 2 rings (SSSR count). The van der Waals surface area contributed by atoms with Crippen molar-refractivity contribution in [2.75, 3.05) is 47.5 Å². The van der Waals surface area contributed by atoms with Gasteiger partial charge in [0, 0.05) is 0 Å². The van der Waals surface area contributed by atoms with E-state index in [9.17, 15) is 0 Å². The van der Waals surface area contributed by atoms with Crippen LogP contribution in [0.5, 0.6) is 17.2 Å². The lowest BCUT2D eigenvalue weighted by Crippen LogP contribution is -3.29. The summed E-state index contributed by atoms with van der Waals surface area (Å²) in [4.78, 5) is 3.40. The number of nitrogens with one attached hydrogen (secondary N) is 2. The summed E-state index contributed by atoms with van der Waals surface area (Å²) in [5, 5.41) is 0. The molecule has 0 amide bonds. The van der Waals surface area contributed by atoms with Crippen molar-refractivity contribution in [3.63, 3.8) is 0 Å². The summed E-state index contributed by atoms with van der Waals surface area (Å²) in [6.45, 7) is 10.5. The molecule has 24 heavy (non-hydrogen) atoms. The fourth-order valence-electron chi connectivity index (χ4n) is 3.95. The van der Waals surface area contributed by atoms with Crippen molar-refractivity contribution in [1.29, 1.82) is 0 Å². The van der Waals surface area contributed by atoms with Crippen molar-refractivity contribution >= 4 is 0 Å². The zero-order valence-corrected chi connectivity index (χ0v) is 15.9. The fourth-order valence-corrected chi connectivity index (χ4v) is 3.95. The van der Waals surface area contributed by atoms with Gasteiger partial charge in [-0.15, -0.1) is 0 Å². The molecule has 0 aromatic heterocycles. The minimum absolute atomic E-state index is 0.693. The molecule has 5 nitrogen and oxygen atoms in total. The number of hydrogen-bond acceptors (Lipinski definition) is 3. The summed E-state index contributed by atoms with van der Waals surface area (Å²) < 4.78 is 16.5. The van der Waals surface area contributed by atoms with Crippen LogP contribution in [0.4, 0.5) is 0 Å². The highest BCUT2D eigenvalue weighted by Crippen LogP contribution is 2.39. The summed E-state index contributed by atoms with van der Waals surface area (Å²) >= 11 is 0. The molecular formula is C19H34N2O3+2. The quantitative estimate of drug-likeness (QED) is 0.710. The maximum absolute atomic E-state index is 5.62. The summed E-state index contributed by atoms with van der Waals surface area (Å²) in [5.41, 5.74) is 1.19. The summed E-state index contributed by atoms with van der Waals surface area (Å²) in [6.07, 6.45) is 2.56. The number of benzene rings is 1. The standard InChI is InChI=1S/C19H32N2O3/c1-6-16(7-2)21-12-10-20(11-13-21)14-15-8-9-17(22-3)19(24-5)18(15)23-4/h8-9,16H,6-7,10-14H2,1-5H3/p+2. The van der Waals surface area contributed by atoms with Crippen molar-refractivity contribution in [1.82, 2.24) is 0 Å². The SMILES string of the molecule is CCC(CC)[NH+]1CC[NH+](Cc2ccc(OC)c(OC)c2OC)CC1. The molecule has 1 fully saturated rings. The van der Waals surface area contributed by atoms with Crippen LogP contribution in [0.2, 0.25) is 0 Å². The summed E-state index contributed by atoms with van der Waals surface area (Å²) in [7, 11) is 5.02. The van der Waals surface area contributed by atoms with Gasteiger partial charge in [-0.25, -0.2) is 0 Å². The third-order valence-corrected chi connectivity index (χ3v) is 5.39. The number of methoxy groups -OCH3 is 3. The first-order chi connectivity index (χ1) is 11.7. The Kier molecular flexibility index (Phi) is 7.18. The predicted octanol–water partition coefficient (Wildman–Crippen LogP) is 0.184. The third-order valence-electron chi connectivity index (χ3n) is 5.39. The zero-order valence-electron chi connectivity index (χ0n) is 15.9. The van der Waals surface area contributed by atoms with Gasteiger partial charge >= 0.3 is 0 Å². The Morgan fingerprint density at radius 3 is 2.00 bits per heavy atom. The third kappa shape index (κ3) is 4.14. The molecule has 1 aliphatic heterocycles. The van der Waals surface area contributed by atoms with E-state index in [1.54, 1.807) is 31.1 Å². The smallest absolute Gasteiger partial charge is 0.203 e. The van der Waals surface area contributed by atoms with Gasteiger partial charge in [0.05, 0.1) is 32.9 Å². The molecular weight excluding hydrogens is 304 g/mol. The Hall–Kier alpha value is -1.46. The van der Waals surface area contributed by atoms with E-state index in [0.717, 1.165) is 24.1 Å². The highest BCUT2D eigenvalue weighted by molar-refractivity contribution is 5.55. The first-order valence-electron chi connectivity index (χ1n) is 9.14. The van der Waals surface area contributed by atoms with Crippen LogP contribution in [0.3, 0.4) is 0 Å². The average molecular weight is 338 g/mol. The van der Waals surface area contributed by atoms with Crippen LogP contribution in [0.1, 0.15) is 32.3 Å². The van der Waals surface area contributed by atoms with Crippen molar-refractivity contribution in [2.45, 2.75) is 39.3 Å². The molecule has 5 heteroatoms. The van der Waals surface area contributed by atoms with Crippen LogP contribution in [0.15, 0.2) is 12.1 Å². The van der Waals surface area contributed by atoms with Crippen molar-refractivity contribution < 1.29 is 24.0 Å². The molecule has 0 spiro atoms. The molecule has 136 valence electrons. The largest absolute Gasteiger partial charge is 0.493 e. The van der Waals surface area contributed by atoms with Gasteiger partial charge in [0.15, 0.2) is 11.5 Å². The van der Waals surface area contributed by atoms with Gasteiger partial charge in [0.25, 0.3) is 0 Å². The first-order valence-corrected chi connectivity index (χ1v) is 9.14. The van der Waals surface area contributed by atoms with E-state index in [-0.39, 0.29) is 0 Å². The topological polar surface area (TPSA) is 36.6 Å². The van der Waals surface area contributed by atoms with Crippen LogP contribution >= 0.6 is 0 Å². The minimum Gasteiger partial charge on any atom is -0.493 e. The van der Waals surface area contributed by atoms with E-state index in [4.69, 9.17) is 14.2 Å². The first kappa shape index (κ1) is 18.9. The molecule has 2 N–H and O–H groups in total. The molecule has 0 saturated carbocycles. The van der Waals surface area contributed by atoms with E-state index in [2.05, 4.69) is 19.9 Å². The summed E-state index contributed by atoms with van der Waals surface area (Å²) in [5.74, 6) is 2.22. The Morgan fingerprint density at radius 1 is 0.875 bits per heavy atom. The second-order valence-corrected chi connectivity index (χ2v) is 6.59. The van der Waals surface area contributed by atoms with Crippen LogP contribution in [0.25, 0.3) is 0 Å². The molecule has 0 bridgehead atoms. The second kappa shape index (κ2) is 9.14. The monoisotopic (exact) mass is 338 g/mol. The van der Waals surface area contributed by atoms with Crippen molar-refractivity contribution in [3.05, 3.63) is 17.7 Å². The van der Waals surface area contributed by atoms with Gasteiger partial charge in [0.2, 0.25) is 5.75 Å². The fraction of sp³-hybridized carbons (Fsp3) is 0.684. The predicted molar refractivity (Wildman–Crippen MR) is 95.6 cm³/mol. The van der Waals surface area contributed by atoms with Crippen LogP contribution in [-0.2, 0) is 6.54 Å². The van der Waals surface area contributed by atoms with Gasteiger partial charge in [-0.05, 0) is 25.0 Å². The Balaban J connectivity index is 2.05. The van der Waals surface area contributed by atoms with Gasteiger partial charge in [-0.1, -0.05) is 13.8 Å². The number of rotatable bonds is 8. The van der Waals surface area contributed by atoms with Gasteiger partial charge in [0.1, 0.15) is 32.7 Å². The molecule has 0 radical (unpaired) electrons. The van der Waals surface area contributed by atoms with Gasteiger partial charge < -0.3 is 24.0 Å². The number of piperazine rings is 1. The van der Waals surface area contributed by atoms with Gasteiger partial charge in [-0.3, -0.25) is 0 Å². The molecule has 1 aromatic carbocycles. The Bertz CT molecular complexity index is 510. The highest BCUT2D eigenvalue weighted by atomic mass is 16.5. The number of quaternary nitrogens is 2. The maximum atomic E-state index is 5.62. The number of ether oxygens (including phenoxy) is 3. The van der Waals surface area contributed by atoms with E-state index >= 15 is 0 Å². The molecule has 1 heterocycles. The van der Waals surface area contributed by atoms with Crippen molar-refractivity contribution in [3.8, 4) is 17.2 Å². The highest BCUT2D eigenvalue weighted by Gasteiger charge is 2.28. The number of hydrogen-bond donors (Lipinski definition) is 2. The molecule has 1 aromatic rings. The molecule has 1 saturated heterocycles. The normalized spacial score (nSPS) is 20.9. The Morgan fingerprint density at radius 2 is 1.50 bits per heavy atom. The lowest BCUT2D eigenvalue weighted by Gasteiger charge is -2.34. The zero-order chi connectivity index (χ0) is 17.5. The maximum Gasteiger partial charge on any atom is 0.203 e. The molecule has 0 aliphatic carbocycles. The lowest BCUT2D eigenvalue weighted by atomic mass is 10.1. The average Bonchev–Trinajstić information content (AvgIpc) is 2.63. The second-order valence-electron chi connectivity index (χ2n) is 6.59. The van der Waals surface area contributed by atoms with Crippen molar-refractivity contribution in [2.24, 2.45) is 0 Å². The van der Waals surface area contributed by atoms with Gasteiger partial charge in [-0.2, -0.15) is 0 Å². The minimum atomic E-state index is 0.693. The van der Waals surface area contributed by atoms with Crippen LogP contribution in [-0.4, -0.2) is 53.6 Å². The lowest BCUT2D eigenvalue weighted by molar-refractivity contribution is -1.03. The molecule has 0 unspecified atom stereocenters. The molecule has 1 aliphatic rings. The Labute approximate surface area is 146 Å². The van der Waals surface area contributed by atoms with Crippen LogP contribution in [0, 0.1) is 0 Å². The molecule has 0 atom stereocenters. The van der Waals surface area contributed by atoms with E-state index < -0.39 is 0 Å². The summed E-state index contributed by atoms with van der Waals surface area (Å²) in [6, 6.07) is 4.90. The van der Waals surface area contributed by atoms with E-state index in [0.29, 0.717) is 5.75 Å². The van der Waals surface area contributed by atoms with E-state index in [1.165, 1.54) is 44.6 Å².